The zero-order valence-electron chi connectivity index (χ0n) is 16.3. The van der Waals surface area contributed by atoms with Crippen molar-refractivity contribution in [3.05, 3.63) is 76.8 Å². The zero-order chi connectivity index (χ0) is 21.1. The Kier molecular flexibility index (Phi) is 6.37. The number of fused-ring (bicyclic) bond motifs is 1. The smallest absolute Gasteiger partial charge is 0.323 e. The number of nitro benzene ring substituents is 1. The van der Waals surface area contributed by atoms with Crippen LogP contribution in [0.25, 0.3) is 22.4 Å². The van der Waals surface area contributed by atoms with Crippen molar-refractivity contribution in [2.75, 3.05) is 17.7 Å². The number of amides is 2. The van der Waals surface area contributed by atoms with Gasteiger partial charge in [0.1, 0.15) is 11.6 Å². The number of anilines is 2. The summed E-state index contributed by atoms with van der Waals surface area (Å²) in [4.78, 5) is 30.2. The van der Waals surface area contributed by atoms with E-state index < -0.39 is 11.0 Å². The summed E-state index contributed by atoms with van der Waals surface area (Å²) >= 11 is 0. The molecule has 1 aromatic heterocycles. The molecule has 0 fully saturated rings. The monoisotopic (exact) mass is 439 g/mol. The number of ether oxygens (including phenoxy) is 1. The van der Waals surface area contributed by atoms with E-state index in [1.165, 1.54) is 24.3 Å². The van der Waals surface area contributed by atoms with Gasteiger partial charge in [-0.2, -0.15) is 0 Å². The topological polar surface area (TPSA) is 122 Å². The number of carbonyl (C=O) groups excluding carboxylic acids is 1. The van der Waals surface area contributed by atoms with Crippen LogP contribution in [0.15, 0.2) is 66.7 Å². The van der Waals surface area contributed by atoms with E-state index in [0.29, 0.717) is 17.2 Å². The SMILES string of the molecule is COc1ccc(-c2nc3ccc(NC(=O)Nc4ccc([N+](=O)[O-])cc4)cc3[nH]2)cc1.Cl. The average Bonchev–Trinajstić information content (AvgIpc) is 3.17. The predicted octanol–water partition coefficient (Wildman–Crippen LogP) is 5.21. The third-order valence-corrected chi connectivity index (χ3v) is 4.44. The molecule has 0 saturated carbocycles. The van der Waals surface area contributed by atoms with E-state index in [2.05, 4.69) is 20.6 Å². The molecular formula is C21H18ClN5O4. The Morgan fingerprint density at radius 3 is 2.29 bits per heavy atom. The van der Waals surface area contributed by atoms with Gasteiger partial charge in [-0.15, -0.1) is 12.4 Å². The first kappa shape index (κ1) is 21.6. The van der Waals surface area contributed by atoms with Crippen LogP contribution in [0.3, 0.4) is 0 Å². The maximum absolute atomic E-state index is 12.2. The third-order valence-electron chi connectivity index (χ3n) is 4.44. The molecule has 1 heterocycles. The van der Waals surface area contributed by atoms with Gasteiger partial charge in [0.15, 0.2) is 0 Å². The van der Waals surface area contributed by atoms with Crippen LogP contribution in [0, 0.1) is 10.1 Å². The van der Waals surface area contributed by atoms with Gasteiger partial charge in [-0.3, -0.25) is 10.1 Å². The molecule has 3 N–H and O–H groups in total. The van der Waals surface area contributed by atoms with Gasteiger partial charge in [0, 0.05) is 29.1 Å². The van der Waals surface area contributed by atoms with Crippen LogP contribution < -0.4 is 15.4 Å². The van der Waals surface area contributed by atoms with Crippen LogP contribution in [0.5, 0.6) is 5.75 Å². The van der Waals surface area contributed by atoms with Crippen molar-refractivity contribution >= 4 is 46.5 Å². The first-order valence-electron chi connectivity index (χ1n) is 8.98. The Balaban J connectivity index is 0.00000272. The molecule has 4 aromatic rings. The van der Waals surface area contributed by atoms with Gasteiger partial charge in [-0.1, -0.05) is 0 Å². The molecule has 3 aromatic carbocycles. The van der Waals surface area contributed by atoms with Gasteiger partial charge in [-0.05, 0) is 54.6 Å². The van der Waals surface area contributed by atoms with Crippen LogP contribution in [-0.4, -0.2) is 28.0 Å². The van der Waals surface area contributed by atoms with Gasteiger partial charge in [0.2, 0.25) is 0 Å². The summed E-state index contributed by atoms with van der Waals surface area (Å²) in [5.74, 6) is 1.47. The molecule has 0 spiro atoms. The van der Waals surface area contributed by atoms with E-state index >= 15 is 0 Å². The Bertz CT molecular complexity index is 1220. The predicted molar refractivity (Wildman–Crippen MR) is 121 cm³/mol. The second-order valence-electron chi connectivity index (χ2n) is 6.43. The summed E-state index contributed by atoms with van der Waals surface area (Å²) < 4.78 is 5.17. The van der Waals surface area contributed by atoms with Crippen molar-refractivity contribution in [2.45, 2.75) is 0 Å². The number of benzene rings is 3. The lowest BCUT2D eigenvalue weighted by molar-refractivity contribution is -0.384. The highest BCUT2D eigenvalue weighted by Gasteiger charge is 2.09. The Morgan fingerprint density at radius 1 is 1.00 bits per heavy atom. The first-order valence-corrected chi connectivity index (χ1v) is 8.98. The van der Waals surface area contributed by atoms with Crippen LogP contribution in [0.4, 0.5) is 21.9 Å². The first-order chi connectivity index (χ1) is 14.5. The highest BCUT2D eigenvalue weighted by Crippen LogP contribution is 2.24. The minimum absolute atomic E-state index is 0. The number of non-ortho nitro benzene ring substituents is 1. The molecular weight excluding hydrogens is 422 g/mol. The Morgan fingerprint density at radius 2 is 1.65 bits per heavy atom. The average molecular weight is 440 g/mol. The number of nitrogens with zero attached hydrogens (tertiary/aromatic N) is 2. The molecule has 0 unspecified atom stereocenters. The summed E-state index contributed by atoms with van der Waals surface area (Å²) in [6.45, 7) is 0. The largest absolute Gasteiger partial charge is 0.497 e. The number of rotatable bonds is 5. The molecule has 0 aliphatic heterocycles. The number of nitro groups is 1. The fourth-order valence-corrected chi connectivity index (χ4v) is 2.93. The molecule has 9 nitrogen and oxygen atoms in total. The highest BCUT2D eigenvalue weighted by atomic mass is 35.5. The maximum atomic E-state index is 12.2. The van der Waals surface area contributed by atoms with Crippen molar-refractivity contribution in [1.29, 1.82) is 0 Å². The van der Waals surface area contributed by atoms with Crippen LogP contribution in [0.2, 0.25) is 0 Å². The quantitative estimate of drug-likeness (QED) is 0.291. The fraction of sp³-hybridized carbons (Fsp3) is 0.0476. The summed E-state index contributed by atoms with van der Waals surface area (Å²) in [5.41, 5.74) is 3.43. The number of urea groups is 1. The Labute approximate surface area is 183 Å². The summed E-state index contributed by atoms with van der Waals surface area (Å²) in [6.07, 6.45) is 0. The molecule has 4 rings (SSSR count). The van der Waals surface area contributed by atoms with E-state index in [-0.39, 0.29) is 18.1 Å². The number of methoxy groups -OCH3 is 1. The summed E-state index contributed by atoms with van der Waals surface area (Å²) in [5, 5.41) is 16.1. The molecule has 0 saturated heterocycles. The molecule has 0 aliphatic rings. The number of nitrogens with one attached hydrogen (secondary N) is 3. The lowest BCUT2D eigenvalue weighted by Crippen LogP contribution is -2.19. The lowest BCUT2D eigenvalue weighted by Gasteiger charge is -2.07. The number of carbonyl (C=O) groups is 1. The number of halogens is 1. The van der Waals surface area contributed by atoms with Crippen LogP contribution >= 0.6 is 12.4 Å². The number of imidazole rings is 1. The lowest BCUT2D eigenvalue weighted by atomic mass is 10.2. The third kappa shape index (κ3) is 4.90. The van der Waals surface area contributed by atoms with Gasteiger partial charge >= 0.3 is 6.03 Å². The molecule has 0 bridgehead atoms. The number of hydrogen-bond donors (Lipinski definition) is 3. The number of aromatic nitrogens is 2. The molecule has 0 aliphatic carbocycles. The molecule has 158 valence electrons. The van der Waals surface area contributed by atoms with Crippen molar-refractivity contribution < 1.29 is 14.5 Å². The second kappa shape index (κ2) is 9.14. The van der Waals surface area contributed by atoms with Crippen LogP contribution in [-0.2, 0) is 0 Å². The van der Waals surface area contributed by atoms with Crippen LogP contribution in [0.1, 0.15) is 0 Å². The van der Waals surface area contributed by atoms with E-state index in [1.807, 2.05) is 24.3 Å². The van der Waals surface area contributed by atoms with E-state index in [4.69, 9.17) is 4.74 Å². The molecule has 2 amide bonds. The van der Waals surface area contributed by atoms with Gasteiger partial charge in [0.25, 0.3) is 5.69 Å². The van der Waals surface area contributed by atoms with Gasteiger partial charge in [0.05, 0.1) is 23.1 Å². The maximum Gasteiger partial charge on any atom is 0.323 e. The standard InChI is InChI=1S/C21H17N5O4.ClH/c1-30-17-9-2-13(3-10-17)20-24-18-11-6-15(12-19(18)25-20)23-21(27)22-14-4-7-16(8-5-14)26(28)29;/h2-12H,1H3,(H,24,25)(H2,22,23,27);1H. The highest BCUT2D eigenvalue weighted by molar-refractivity contribution is 6.00. The fourth-order valence-electron chi connectivity index (χ4n) is 2.93. The minimum Gasteiger partial charge on any atom is -0.497 e. The van der Waals surface area contributed by atoms with E-state index in [9.17, 15) is 14.9 Å². The molecule has 0 atom stereocenters. The summed E-state index contributed by atoms with van der Waals surface area (Å²) in [7, 11) is 1.61. The number of hydrogen-bond acceptors (Lipinski definition) is 5. The van der Waals surface area contributed by atoms with Crippen molar-refractivity contribution in [2.24, 2.45) is 0 Å². The number of aromatic amines is 1. The van der Waals surface area contributed by atoms with Gasteiger partial charge < -0.3 is 20.4 Å². The zero-order valence-corrected chi connectivity index (χ0v) is 17.1. The normalized spacial score (nSPS) is 10.2. The van der Waals surface area contributed by atoms with Crippen molar-refractivity contribution in [1.82, 2.24) is 9.97 Å². The van der Waals surface area contributed by atoms with E-state index in [1.54, 1.807) is 25.3 Å². The molecule has 31 heavy (non-hydrogen) atoms. The summed E-state index contributed by atoms with van der Waals surface area (Å²) in [6, 6.07) is 18.0. The Hall–Kier alpha value is -4.11. The molecule has 10 heteroatoms. The number of H-pyrrole nitrogens is 1. The van der Waals surface area contributed by atoms with Crippen molar-refractivity contribution in [3.8, 4) is 17.1 Å². The second-order valence-corrected chi connectivity index (χ2v) is 6.43. The van der Waals surface area contributed by atoms with Crippen molar-refractivity contribution in [3.63, 3.8) is 0 Å². The molecule has 0 radical (unpaired) electrons. The minimum atomic E-state index is -0.496. The van der Waals surface area contributed by atoms with E-state index in [0.717, 1.165) is 22.3 Å². The van der Waals surface area contributed by atoms with Gasteiger partial charge in [-0.25, -0.2) is 9.78 Å².